The molecule has 0 spiro atoms. The predicted molar refractivity (Wildman–Crippen MR) is 51.9 cm³/mol. The number of aliphatic carboxylic acids is 1. The van der Waals surface area contributed by atoms with Crippen molar-refractivity contribution in [3.8, 4) is 0 Å². The molecule has 0 atom stereocenters. The molecule has 0 aromatic carbocycles. The second kappa shape index (κ2) is 4.40. The van der Waals surface area contributed by atoms with Gasteiger partial charge in [0.1, 0.15) is 11.6 Å². The van der Waals surface area contributed by atoms with E-state index in [9.17, 15) is 23.8 Å². The Morgan fingerprint density at radius 3 is 1.83 bits per heavy atom. The second-order valence-electron chi connectivity index (χ2n) is 5.99. The summed E-state index contributed by atoms with van der Waals surface area (Å²) in [6.07, 6.45) is 3.19. The Morgan fingerprint density at radius 2 is 1.50 bits per heavy atom. The first-order chi connectivity index (χ1) is 7.85. The fourth-order valence-electron chi connectivity index (χ4n) is 4.58. The van der Waals surface area contributed by atoms with E-state index < -0.39 is 29.3 Å². The smallest absolute Gasteiger partial charge is 0.544 e. The second-order valence-corrected chi connectivity index (χ2v) is 5.99. The number of aliphatic hydroxyl groups is 1. The van der Waals surface area contributed by atoms with E-state index in [2.05, 4.69) is 0 Å². The molecule has 4 bridgehead atoms. The van der Waals surface area contributed by atoms with E-state index in [0.29, 0.717) is 37.5 Å². The third-order valence-electron chi connectivity index (χ3n) is 5.14. The number of carboxylic acid groups (broad SMARTS) is 1. The molecule has 3 nitrogen and oxygen atoms in total. The van der Waals surface area contributed by atoms with Crippen molar-refractivity contribution in [1.82, 2.24) is 0 Å². The molecule has 4 aliphatic carbocycles. The molecule has 0 aromatic rings. The first kappa shape index (κ1) is 14.7. The first-order valence-corrected chi connectivity index (χ1v) is 6.17. The van der Waals surface area contributed by atoms with Crippen LogP contribution >= 0.6 is 0 Å². The van der Waals surface area contributed by atoms with Crippen LogP contribution in [-0.2, 0) is 4.79 Å². The van der Waals surface area contributed by atoms with Gasteiger partial charge in [0.05, 0.1) is 0 Å². The molecule has 6 heteroatoms. The molecular formula is C12H15F2NaO3. The summed E-state index contributed by atoms with van der Waals surface area (Å²) in [7, 11) is 0. The van der Waals surface area contributed by atoms with Gasteiger partial charge in [0.2, 0.25) is 0 Å². The van der Waals surface area contributed by atoms with Crippen molar-refractivity contribution in [3.05, 3.63) is 0 Å². The van der Waals surface area contributed by atoms with Gasteiger partial charge in [0.25, 0.3) is 0 Å². The number of hydrogen-bond donors (Lipinski definition) is 1. The van der Waals surface area contributed by atoms with E-state index in [1.807, 2.05) is 0 Å². The van der Waals surface area contributed by atoms with Gasteiger partial charge in [-0.2, -0.15) is 8.78 Å². The molecule has 0 amide bonds. The van der Waals surface area contributed by atoms with Crippen molar-refractivity contribution < 1.29 is 53.3 Å². The Morgan fingerprint density at radius 1 is 1.11 bits per heavy atom. The number of alkyl halides is 2. The molecule has 0 heterocycles. The molecule has 0 saturated heterocycles. The first-order valence-electron chi connectivity index (χ1n) is 6.17. The van der Waals surface area contributed by atoms with Crippen LogP contribution in [0, 0.1) is 23.7 Å². The topological polar surface area (TPSA) is 60.4 Å². The Bertz CT molecular complexity index is 344. The van der Waals surface area contributed by atoms with E-state index in [1.165, 1.54) is 0 Å². The predicted octanol–water partition coefficient (Wildman–Crippen LogP) is -2.44. The van der Waals surface area contributed by atoms with E-state index in [-0.39, 0.29) is 29.6 Å². The molecule has 4 fully saturated rings. The molecule has 4 aliphatic rings. The summed E-state index contributed by atoms with van der Waals surface area (Å²) < 4.78 is 27.5. The van der Waals surface area contributed by atoms with E-state index in [4.69, 9.17) is 0 Å². The maximum atomic E-state index is 13.8. The van der Waals surface area contributed by atoms with Crippen LogP contribution in [0.25, 0.3) is 0 Å². The zero-order valence-electron chi connectivity index (χ0n) is 10.4. The summed E-state index contributed by atoms with van der Waals surface area (Å²) in [6, 6.07) is 0. The molecule has 0 aromatic heterocycles. The third kappa shape index (κ3) is 1.70. The van der Waals surface area contributed by atoms with Gasteiger partial charge in [-0.3, -0.25) is 0 Å². The Balaban J connectivity index is 0.00000120. The average molecular weight is 268 g/mol. The Hall–Kier alpha value is 0.290. The van der Waals surface area contributed by atoms with E-state index >= 15 is 0 Å². The van der Waals surface area contributed by atoms with Crippen molar-refractivity contribution in [2.24, 2.45) is 23.7 Å². The monoisotopic (exact) mass is 268 g/mol. The van der Waals surface area contributed by atoms with Crippen LogP contribution < -0.4 is 34.7 Å². The van der Waals surface area contributed by atoms with Gasteiger partial charge in [0, 0.05) is 0 Å². The van der Waals surface area contributed by atoms with E-state index in [0.717, 1.165) is 6.42 Å². The fraction of sp³-hybridized carbons (Fsp3) is 0.917. The van der Waals surface area contributed by atoms with Gasteiger partial charge in [-0.1, -0.05) is 0 Å². The van der Waals surface area contributed by atoms with Crippen LogP contribution in [0.1, 0.15) is 32.1 Å². The summed E-state index contributed by atoms with van der Waals surface area (Å²) >= 11 is 0. The molecule has 0 radical (unpaired) electrons. The van der Waals surface area contributed by atoms with Crippen LogP contribution in [0.5, 0.6) is 0 Å². The normalized spacial score (nSPS) is 45.7. The molecule has 0 aliphatic heterocycles. The van der Waals surface area contributed by atoms with Crippen LogP contribution in [0.15, 0.2) is 0 Å². The minimum absolute atomic E-state index is 0. The maximum absolute atomic E-state index is 13.8. The molecule has 1 N–H and O–H groups in total. The summed E-state index contributed by atoms with van der Waals surface area (Å²) in [6.45, 7) is 0. The maximum Gasteiger partial charge on any atom is 1.00 e. The van der Waals surface area contributed by atoms with Crippen molar-refractivity contribution in [3.63, 3.8) is 0 Å². The summed E-state index contributed by atoms with van der Waals surface area (Å²) in [5.41, 5.74) is -2.38. The van der Waals surface area contributed by atoms with Crippen molar-refractivity contribution in [1.29, 1.82) is 0 Å². The third-order valence-corrected chi connectivity index (χ3v) is 5.14. The minimum atomic E-state index is -4.13. The largest absolute Gasteiger partial charge is 1.00 e. The number of carbonyl (C=O) groups excluding carboxylic acids is 1. The van der Waals surface area contributed by atoms with Crippen LogP contribution in [0.2, 0.25) is 0 Å². The quantitative estimate of drug-likeness (QED) is 0.566. The molecule has 96 valence electrons. The zero-order chi connectivity index (χ0) is 12.4. The van der Waals surface area contributed by atoms with Crippen molar-refractivity contribution in [2.75, 3.05) is 0 Å². The van der Waals surface area contributed by atoms with Crippen LogP contribution in [0.3, 0.4) is 0 Å². The Labute approximate surface area is 126 Å². The summed E-state index contributed by atoms with van der Waals surface area (Å²) in [4.78, 5) is 10.6. The van der Waals surface area contributed by atoms with Gasteiger partial charge < -0.3 is 15.0 Å². The Kier molecular flexibility index (Phi) is 3.59. The molecule has 4 saturated carbocycles. The van der Waals surface area contributed by atoms with Gasteiger partial charge in [-0.05, 0) is 55.8 Å². The molecular weight excluding hydrogens is 253 g/mol. The number of carbonyl (C=O) groups is 1. The van der Waals surface area contributed by atoms with Gasteiger partial charge in [-0.15, -0.1) is 0 Å². The zero-order valence-corrected chi connectivity index (χ0v) is 12.4. The number of hydrogen-bond acceptors (Lipinski definition) is 3. The van der Waals surface area contributed by atoms with Crippen LogP contribution in [0.4, 0.5) is 8.78 Å². The number of carboxylic acids is 1. The standard InChI is InChI=1S/C12H16F2O3.Na/c13-12(14,10(15)16)11(17)8-2-6-1-7(4-8)5-9(11)3-6;/h6-9,17H,1-5H2,(H,15,16);/q;+1/p-1. The van der Waals surface area contributed by atoms with Gasteiger partial charge in [0.15, 0.2) is 0 Å². The molecule has 0 unspecified atom stereocenters. The average Bonchev–Trinajstić information content (AvgIpc) is 2.23. The summed E-state index contributed by atoms with van der Waals surface area (Å²) in [5, 5.41) is 20.9. The number of rotatable bonds is 2. The minimum Gasteiger partial charge on any atom is -0.544 e. The fourth-order valence-corrected chi connectivity index (χ4v) is 4.58. The molecule has 4 rings (SSSR count). The van der Waals surface area contributed by atoms with Crippen molar-refractivity contribution >= 4 is 5.97 Å². The SMILES string of the molecule is O=C([O-])C(F)(F)C1(O)C2CC3CC(C2)CC1C3.[Na+]. The van der Waals surface area contributed by atoms with Crippen LogP contribution in [-0.4, -0.2) is 22.6 Å². The van der Waals surface area contributed by atoms with Gasteiger partial charge in [-0.25, -0.2) is 0 Å². The molecule has 18 heavy (non-hydrogen) atoms. The van der Waals surface area contributed by atoms with Crippen molar-refractivity contribution in [2.45, 2.75) is 43.6 Å². The van der Waals surface area contributed by atoms with E-state index in [1.54, 1.807) is 0 Å². The van der Waals surface area contributed by atoms with Gasteiger partial charge >= 0.3 is 35.5 Å². The number of halogens is 2. The summed E-state index contributed by atoms with van der Waals surface area (Å²) in [5.74, 6) is -6.92.